The van der Waals surface area contributed by atoms with Crippen LogP contribution in [0.25, 0.3) is 0 Å². The van der Waals surface area contributed by atoms with E-state index in [9.17, 15) is 33.6 Å². The molecule has 0 unspecified atom stereocenters. The summed E-state index contributed by atoms with van der Waals surface area (Å²) in [4.78, 5) is 70.1. The molecule has 0 amide bonds. The number of unbranched alkanes of at least 4 members (excludes halogenated alkanes) is 2. The molecule has 0 atom stereocenters. The molecule has 0 saturated carbocycles. The number of carbonyl (C=O) groups is 7. The minimum Gasteiger partial charge on any atom is -0.490 e. The van der Waals surface area contributed by atoms with E-state index in [1.54, 1.807) is 41.9 Å². The van der Waals surface area contributed by atoms with E-state index >= 15 is 0 Å². The van der Waals surface area contributed by atoms with Crippen LogP contribution in [0.2, 0.25) is 0 Å². The molecule has 0 saturated heterocycles. The molecule has 0 aromatic heterocycles. The fourth-order valence-corrected chi connectivity index (χ4v) is 1.08. The van der Waals surface area contributed by atoms with Crippen LogP contribution >= 0.6 is 36.7 Å². The van der Waals surface area contributed by atoms with Gasteiger partial charge in [0, 0.05) is 65.2 Å². The van der Waals surface area contributed by atoms with E-state index in [0.717, 1.165) is 25.7 Å². The molecule has 75 heavy (non-hydrogen) atoms. The highest BCUT2D eigenvalue weighted by Crippen LogP contribution is 1.88. The average Bonchev–Trinajstić information content (AvgIpc) is 3.33. The molecule has 0 aromatic rings. The molecule has 476 valence electrons. The summed E-state index contributed by atoms with van der Waals surface area (Å²) in [5, 5.41) is 1.35. The third-order valence-electron chi connectivity index (χ3n) is 6.21. The van der Waals surface area contributed by atoms with Crippen molar-refractivity contribution >= 4 is 92.8 Å². The molecule has 0 N–H and O–H groups in total. The van der Waals surface area contributed by atoms with E-state index in [-0.39, 0.29) is 117 Å². The molecule has 0 rings (SSSR count). The summed E-state index contributed by atoms with van der Waals surface area (Å²) in [5.41, 5.74) is 0. The number of carbonyl (C=O) groups excluding carboxylic acids is 7. The monoisotopic (exact) mass is 1160 g/mol. The van der Waals surface area contributed by atoms with Crippen LogP contribution < -0.4 is 0 Å². The maximum atomic E-state index is 10.2. The Morgan fingerprint density at radius 2 is 0.453 bits per heavy atom. The second-order valence-corrected chi connectivity index (χ2v) is 13.2. The number of hydrogen-bond donors (Lipinski definition) is 0. The predicted octanol–water partition coefficient (Wildman–Crippen LogP) is 20.4. The summed E-state index contributed by atoms with van der Waals surface area (Å²) >= 11 is 14.1. The number of thiocarbonyl (C=S) groups is 3. The summed E-state index contributed by atoms with van der Waals surface area (Å²) in [7, 11) is 8.64. The number of methoxy groups -OCH3 is 6. The van der Waals surface area contributed by atoms with Gasteiger partial charge in [-0.05, 0) is 56.0 Å². The number of ether oxygens (including phenoxy) is 6. The summed E-state index contributed by atoms with van der Waals surface area (Å²) in [6.45, 7) is 33.7. The van der Waals surface area contributed by atoms with E-state index in [1.165, 1.54) is 72.8 Å². The van der Waals surface area contributed by atoms with E-state index < -0.39 is 0 Å². The lowest BCUT2D eigenvalue weighted by Crippen LogP contribution is -1.94. The van der Waals surface area contributed by atoms with Crippen molar-refractivity contribution in [1.29, 1.82) is 0 Å². The SMILES string of the molecule is C.C.C.C.C.C.C.C.C.C.C.CCC(=O)CC.CCC(=O)OC.CCC(=O)OC.CCC(=S)CC.CCC(=S)OC.CCC(=S)OC.CCC(C)=O.CCC(C)=O.CCCC.CCCC.COC(C)=O.COC(C)=O. The molecule has 0 spiro atoms. The lowest BCUT2D eigenvalue weighted by atomic mass is 10.3. The number of Topliss-reactive ketones (excluding diaryl/α,β-unsaturated/α-hetero) is 3. The smallest absolute Gasteiger partial charge is 0.305 e. The van der Waals surface area contributed by atoms with Gasteiger partial charge < -0.3 is 38.0 Å². The van der Waals surface area contributed by atoms with E-state index in [2.05, 4.69) is 94.4 Å². The Kier molecular flexibility index (Phi) is 317. The Bertz CT molecular complexity index is 815. The van der Waals surface area contributed by atoms with Crippen molar-refractivity contribution in [2.45, 2.75) is 296 Å². The van der Waals surface area contributed by atoms with Gasteiger partial charge in [0.1, 0.15) is 17.3 Å². The molecular weight excluding hydrogens is 1010 g/mol. The third-order valence-corrected chi connectivity index (χ3v) is 7.70. The second-order valence-electron chi connectivity index (χ2n) is 11.7. The average molecular weight is 1160 g/mol. The van der Waals surface area contributed by atoms with Gasteiger partial charge in [0.05, 0.1) is 42.7 Å². The highest BCUT2D eigenvalue weighted by Gasteiger charge is 1.89. The van der Waals surface area contributed by atoms with Crippen molar-refractivity contribution in [1.82, 2.24) is 0 Å². The molecule has 0 heterocycles. The minimum absolute atomic E-state index is 0. The molecule has 0 bridgehead atoms. The lowest BCUT2D eigenvalue weighted by Gasteiger charge is -1.91. The zero-order valence-corrected chi connectivity index (χ0v) is 47.9. The molecule has 0 aromatic carbocycles. The van der Waals surface area contributed by atoms with Gasteiger partial charge in [-0.25, -0.2) is 0 Å². The number of esters is 4. The Balaban J connectivity index is -0.0000000185. The van der Waals surface area contributed by atoms with Crippen LogP contribution in [0.3, 0.4) is 0 Å². The third kappa shape index (κ3) is 354. The minimum atomic E-state index is -0.245. The van der Waals surface area contributed by atoms with E-state index in [1.807, 2.05) is 41.5 Å². The zero-order chi connectivity index (χ0) is 53.9. The normalized spacial score (nSPS) is 6.51. The first-order valence-corrected chi connectivity index (χ1v) is 23.4. The van der Waals surface area contributed by atoms with Gasteiger partial charge in [-0.15, -0.1) is 0 Å². The number of hydrogen-bond acceptors (Lipinski definition) is 16. The molecule has 0 radical (unpaired) electrons. The van der Waals surface area contributed by atoms with Crippen molar-refractivity contribution in [3.8, 4) is 0 Å². The van der Waals surface area contributed by atoms with Crippen LogP contribution in [0.4, 0.5) is 0 Å². The van der Waals surface area contributed by atoms with Crippen molar-refractivity contribution in [3.63, 3.8) is 0 Å². The standard InChI is InChI=1S/C5H10O.C5H10S.2C4H8O2.2C4H8OS.2C4H8O.2C4H10.2C3H6O2.11CH4/c2*1-3-5(6)4-2;2*1-3-4(5)6-2;2*1-3-4(6)5-2;2*1-3-4(2)5;2*1-3-4-2;2*1-3(4)5-2;;;;;;;;;;;/h2*3-4H2,1-2H3;4*3H2,1-2H3;2*3H2,1-2H3;2*3-4H2,1-2H3;2*1-2H3;11*1H4. The Morgan fingerprint density at radius 3 is 0.453 bits per heavy atom. The molecule has 0 aliphatic heterocycles. The van der Waals surface area contributed by atoms with Gasteiger partial charge in [0.15, 0.2) is 10.1 Å². The topological polar surface area (TPSA) is 175 Å². The second kappa shape index (κ2) is 157. The molecule has 16 heteroatoms. The highest BCUT2D eigenvalue weighted by atomic mass is 32.1. The quantitative estimate of drug-likeness (QED) is 0.102. The largest absolute Gasteiger partial charge is 0.490 e. The lowest BCUT2D eigenvalue weighted by molar-refractivity contribution is -0.141. The Labute approximate surface area is 491 Å². The Morgan fingerprint density at radius 1 is 0.280 bits per heavy atom. The van der Waals surface area contributed by atoms with Crippen LogP contribution in [0.15, 0.2) is 0 Å². The summed E-state index contributed by atoms with van der Waals surface area (Å²) in [6, 6.07) is 0. The summed E-state index contributed by atoms with van der Waals surface area (Å²) in [5.74, 6) is 0.0463. The predicted molar refractivity (Wildman–Crippen MR) is 356 cm³/mol. The van der Waals surface area contributed by atoms with Crippen molar-refractivity contribution < 1.29 is 62.0 Å². The van der Waals surface area contributed by atoms with Gasteiger partial charge in [0.2, 0.25) is 0 Å². The van der Waals surface area contributed by atoms with Crippen molar-refractivity contribution in [3.05, 3.63) is 0 Å². The summed E-state index contributed by atoms with van der Waals surface area (Å²) in [6.07, 6.45) is 12.7. The van der Waals surface area contributed by atoms with E-state index in [0.29, 0.717) is 54.4 Å². The molecule has 0 aliphatic rings. The van der Waals surface area contributed by atoms with Crippen LogP contribution in [0, 0.1) is 0 Å². The number of rotatable bonds is 12. The first kappa shape index (κ1) is 151. The van der Waals surface area contributed by atoms with E-state index in [4.69, 9.17) is 12.2 Å². The van der Waals surface area contributed by atoms with Gasteiger partial charge in [-0.2, -0.15) is 0 Å². The summed E-state index contributed by atoms with van der Waals surface area (Å²) < 4.78 is 26.0. The molecule has 0 fully saturated rings. The van der Waals surface area contributed by atoms with Crippen molar-refractivity contribution in [2.75, 3.05) is 42.7 Å². The fraction of sp³-hybridized carbons (Fsp3) is 0.831. The molecular formula is C59H144O13S3. The van der Waals surface area contributed by atoms with Gasteiger partial charge >= 0.3 is 23.9 Å². The van der Waals surface area contributed by atoms with Gasteiger partial charge in [0.25, 0.3) is 0 Å². The number of ketones is 3. The van der Waals surface area contributed by atoms with Gasteiger partial charge in [-0.3, -0.25) is 24.0 Å². The fourth-order valence-electron chi connectivity index (χ4n) is 1.08. The van der Waals surface area contributed by atoms with Crippen LogP contribution in [0.1, 0.15) is 296 Å². The molecule has 0 aliphatic carbocycles. The maximum absolute atomic E-state index is 10.2. The zero-order valence-electron chi connectivity index (χ0n) is 45.4. The Hall–Kier alpha value is -3.24. The van der Waals surface area contributed by atoms with Crippen LogP contribution in [-0.4, -0.2) is 98.9 Å². The molecule has 13 nitrogen and oxygen atoms in total. The van der Waals surface area contributed by atoms with Crippen LogP contribution in [0.5, 0.6) is 0 Å². The highest BCUT2D eigenvalue weighted by molar-refractivity contribution is 7.80. The van der Waals surface area contributed by atoms with Crippen molar-refractivity contribution in [2.24, 2.45) is 0 Å². The maximum Gasteiger partial charge on any atom is 0.305 e. The first-order valence-electron chi connectivity index (χ1n) is 22.2. The van der Waals surface area contributed by atoms with Gasteiger partial charge in [-0.1, -0.05) is 217 Å². The first-order chi connectivity index (χ1) is 29.8. The van der Waals surface area contributed by atoms with Crippen LogP contribution in [-0.2, 0) is 62.0 Å².